The molecule has 3 aliphatic rings. The highest BCUT2D eigenvalue weighted by atomic mass is 16.5. The highest BCUT2D eigenvalue weighted by molar-refractivity contribution is 6.21. The fourth-order valence-electron chi connectivity index (χ4n) is 4.65. The summed E-state index contributed by atoms with van der Waals surface area (Å²) in [6.07, 6.45) is 0.585. The number of anilines is 1. The van der Waals surface area contributed by atoms with Crippen LogP contribution >= 0.6 is 0 Å². The minimum absolute atomic E-state index is 0.131. The number of rotatable bonds is 2. The molecule has 0 saturated carbocycles. The van der Waals surface area contributed by atoms with Gasteiger partial charge in [0.05, 0.1) is 5.57 Å². The molecule has 1 aliphatic carbocycles. The Morgan fingerprint density at radius 3 is 2.62 bits per heavy atom. The van der Waals surface area contributed by atoms with Crippen LogP contribution < -0.4 is 16.4 Å². The van der Waals surface area contributed by atoms with Crippen LogP contribution in [0.15, 0.2) is 47.1 Å². The van der Waals surface area contributed by atoms with E-state index in [1.54, 1.807) is 24.3 Å². The molecule has 0 aromatic heterocycles. The van der Waals surface area contributed by atoms with Crippen LogP contribution in [-0.4, -0.2) is 24.1 Å². The molecule has 0 radical (unpaired) electrons. The molecule has 8 heteroatoms. The van der Waals surface area contributed by atoms with Gasteiger partial charge < -0.3 is 21.1 Å². The van der Waals surface area contributed by atoms with Crippen LogP contribution in [0.25, 0.3) is 0 Å². The van der Waals surface area contributed by atoms with Crippen molar-refractivity contribution in [3.8, 4) is 6.07 Å². The molecule has 2 amide bonds. The molecular weight excluding hydrogens is 372 g/mol. The Kier molecular flexibility index (Phi) is 3.84. The van der Waals surface area contributed by atoms with Gasteiger partial charge in [0, 0.05) is 24.1 Å². The molecule has 8 nitrogen and oxygen atoms in total. The van der Waals surface area contributed by atoms with Gasteiger partial charge in [0.2, 0.25) is 17.7 Å². The summed E-state index contributed by atoms with van der Waals surface area (Å²) in [7, 11) is 0. The summed E-state index contributed by atoms with van der Waals surface area (Å²) in [6.45, 7) is 3.47. The Bertz CT molecular complexity index is 1090. The number of Topliss-reactive ketones (excluding diaryl/α,β-unsaturated/α-hetero) is 1. The maximum absolute atomic E-state index is 13.8. The summed E-state index contributed by atoms with van der Waals surface area (Å²) < 4.78 is 5.70. The summed E-state index contributed by atoms with van der Waals surface area (Å²) >= 11 is 0. The highest BCUT2D eigenvalue weighted by Gasteiger charge is 2.63. The normalized spacial score (nSPS) is 24.9. The van der Waals surface area contributed by atoms with Gasteiger partial charge in [0.25, 0.3) is 0 Å². The molecule has 29 heavy (non-hydrogen) atoms. The van der Waals surface area contributed by atoms with Gasteiger partial charge >= 0.3 is 0 Å². The van der Waals surface area contributed by atoms with Crippen LogP contribution in [0.1, 0.15) is 32.3 Å². The third-order valence-corrected chi connectivity index (χ3v) is 5.66. The lowest BCUT2D eigenvalue weighted by atomic mass is 9.62. The zero-order valence-electron chi connectivity index (χ0n) is 16.1. The smallest absolute Gasteiger partial charge is 0.248 e. The minimum atomic E-state index is -1.73. The number of primary amides is 1. The molecule has 2 aliphatic heterocycles. The van der Waals surface area contributed by atoms with E-state index in [4.69, 9.17) is 16.2 Å². The first-order valence-corrected chi connectivity index (χ1v) is 9.18. The predicted molar refractivity (Wildman–Crippen MR) is 103 cm³/mol. The first kappa shape index (κ1) is 18.7. The second kappa shape index (κ2) is 5.95. The molecule has 148 valence electrons. The second-order valence-electron chi connectivity index (χ2n) is 8.32. The Hall–Kier alpha value is -3.60. The van der Waals surface area contributed by atoms with Gasteiger partial charge in [0.15, 0.2) is 5.78 Å². The number of nitrogens with two attached hydrogens (primary N) is 2. The zero-order chi connectivity index (χ0) is 21.1. The van der Waals surface area contributed by atoms with E-state index >= 15 is 0 Å². The topological polar surface area (TPSA) is 140 Å². The third kappa shape index (κ3) is 2.40. The standard InChI is InChI=1S/C21H20N4O4/c1-20(2)7-14(26)17-15(8-20)29-18(24)12(9-22)21(17)11-5-3-4-6-13(11)25(19(21)28)10-16(23)27/h3-6H,7-8,10,24H2,1-2H3,(H2,23,27)/t21-/m0/s1. The molecule has 4 N–H and O–H groups in total. The van der Waals surface area contributed by atoms with Crippen molar-refractivity contribution in [3.05, 3.63) is 52.6 Å². The number of fused-ring (bicyclic) bond motifs is 3. The Labute approximate surface area is 167 Å². The van der Waals surface area contributed by atoms with Crippen LogP contribution in [0.5, 0.6) is 0 Å². The molecule has 0 unspecified atom stereocenters. The van der Waals surface area contributed by atoms with Gasteiger partial charge in [-0.25, -0.2) is 0 Å². The average molecular weight is 392 g/mol. The van der Waals surface area contributed by atoms with Gasteiger partial charge in [-0.2, -0.15) is 5.26 Å². The summed E-state index contributed by atoms with van der Waals surface area (Å²) in [6, 6.07) is 8.72. The number of hydrogen-bond donors (Lipinski definition) is 2. The predicted octanol–water partition coefficient (Wildman–Crippen LogP) is 1.12. The molecule has 1 aromatic carbocycles. The number of ether oxygens (including phenoxy) is 1. The van der Waals surface area contributed by atoms with Crippen LogP contribution in [-0.2, 0) is 24.5 Å². The molecule has 1 spiro atoms. The van der Waals surface area contributed by atoms with E-state index in [-0.39, 0.29) is 41.2 Å². The van der Waals surface area contributed by atoms with Crippen LogP contribution in [0.2, 0.25) is 0 Å². The zero-order valence-corrected chi connectivity index (χ0v) is 16.1. The Morgan fingerprint density at radius 1 is 1.28 bits per heavy atom. The van der Waals surface area contributed by atoms with E-state index < -0.39 is 17.2 Å². The molecule has 2 heterocycles. The average Bonchev–Trinajstić information content (AvgIpc) is 2.84. The van der Waals surface area contributed by atoms with E-state index in [0.717, 1.165) is 0 Å². The number of carbonyl (C=O) groups is 3. The van der Waals surface area contributed by atoms with Crippen molar-refractivity contribution in [2.24, 2.45) is 16.9 Å². The summed E-state index contributed by atoms with van der Waals surface area (Å²) in [5, 5.41) is 9.91. The number of ketones is 1. The van der Waals surface area contributed by atoms with Gasteiger partial charge in [-0.1, -0.05) is 32.0 Å². The third-order valence-electron chi connectivity index (χ3n) is 5.66. The number of para-hydroxylation sites is 1. The second-order valence-corrected chi connectivity index (χ2v) is 8.32. The number of allylic oxidation sites excluding steroid dienone is 1. The minimum Gasteiger partial charge on any atom is -0.444 e. The lowest BCUT2D eigenvalue weighted by Crippen LogP contribution is -2.51. The van der Waals surface area contributed by atoms with Crippen LogP contribution in [0, 0.1) is 16.7 Å². The van der Waals surface area contributed by atoms with Gasteiger partial charge in [0.1, 0.15) is 29.4 Å². The number of hydrogen-bond acceptors (Lipinski definition) is 6. The largest absolute Gasteiger partial charge is 0.444 e. The first-order chi connectivity index (χ1) is 13.6. The monoisotopic (exact) mass is 392 g/mol. The summed E-state index contributed by atoms with van der Waals surface area (Å²) in [5.41, 5.74) is 10.2. The van der Waals surface area contributed by atoms with E-state index in [9.17, 15) is 19.6 Å². The van der Waals surface area contributed by atoms with E-state index in [0.29, 0.717) is 23.4 Å². The number of amides is 2. The van der Waals surface area contributed by atoms with Crippen molar-refractivity contribution < 1.29 is 19.1 Å². The molecule has 1 atom stereocenters. The van der Waals surface area contributed by atoms with Gasteiger partial charge in [-0.3, -0.25) is 14.4 Å². The highest BCUT2D eigenvalue weighted by Crippen LogP contribution is 2.57. The first-order valence-electron chi connectivity index (χ1n) is 9.18. The van der Waals surface area contributed by atoms with Crippen molar-refractivity contribution >= 4 is 23.3 Å². The van der Waals surface area contributed by atoms with Gasteiger partial charge in [-0.15, -0.1) is 0 Å². The molecule has 4 rings (SSSR count). The summed E-state index contributed by atoms with van der Waals surface area (Å²) in [5.74, 6) is -1.49. The fraction of sp³-hybridized carbons (Fsp3) is 0.333. The number of nitrogens with zero attached hydrogens (tertiary/aromatic N) is 2. The van der Waals surface area contributed by atoms with Crippen molar-refractivity contribution in [1.29, 1.82) is 5.26 Å². The maximum Gasteiger partial charge on any atom is 0.248 e. The summed E-state index contributed by atoms with van der Waals surface area (Å²) in [4.78, 5) is 39.9. The molecule has 0 fully saturated rings. The van der Waals surface area contributed by atoms with Gasteiger partial charge in [-0.05, 0) is 11.5 Å². The molecule has 0 saturated heterocycles. The van der Waals surface area contributed by atoms with Crippen molar-refractivity contribution in [2.45, 2.75) is 32.1 Å². The van der Waals surface area contributed by atoms with Crippen molar-refractivity contribution in [2.75, 3.05) is 11.4 Å². The lowest BCUT2D eigenvalue weighted by molar-refractivity contribution is -0.126. The van der Waals surface area contributed by atoms with E-state index in [2.05, 4.69) is 0 Å². The van der Waals surface area contributed by atoms with Crippen molar-refractivity contribution in [3.63, 3.8) is 0 Å². The SMILES string of the molecule is CC1(C)CC(=O)C2=C(C1)OC(N)=C(C#N)[C@]21C(=O)N(CC(N)=O)c2ccccc21. The Morgan fingerprint density at radius 2 is 1.97 bits per heavy atom. The van der Waals surface area contributed by atoms with Crippen LogP contribution in [0.3, 0.4) is 0 Å². The molecule has 1 aromatic rings. The Balaban J connectivity index is 2.08. The van der Waals surface area contributed by atoms with Crippen molar-refractivity contribution in [1.82, 2.24) is 0 Å². The lowest BCUT2D eigenvalue weighted by Gasteiger charge is -2.41. The fourth-order valence-corrected chi connectivity index (χ4v) is 4.65. The van der Waals surface area contributed by atoms with E-state index in [1.165, 1.54) is 4.90 Å². The molecule has 0 bridgehead atoms. The number of nitriles is 1. The molecular formula is C21H20N4O4. The van der Waals surface area contributed by atoms with E-state index in [1.807, 2.05) is 19.9 Å². The number of benzene rings is 1. The van der Waals surface area contributed by atoms with Crippen LogP contribution in [0.4, 0.5) is 5.69 Å². The maximum atomic E-state index is 13.8. The number of carbonyl (C=O) groups excluding carboxylic acids is 3. The quantitative estimate of drug-likeness (QED) is 0.773.